The van der Waals surface area contributed by atoms with E-state index in [1.165, 1.54) is 0 Å². The monoisotopic (exact) mass is 346 g/mol. The molecular weight excluding hydrogens is 320 g/mol. The van der Waals surface area contributed by atoms with Gasteiger partial charge in [-0.05, 0) is 51.6 Å². The molecule has 0 aliphatic rings. The molecule has 0 fully saturated rings. The SMILES string of the molecule is Cc1cc2ccccc2n1CC(=O)OCCCNC(=O)OC(C)(C)C. The molecule has 0 unspecified atom stereocenters. The number of fused-ring (bicyclic) bond motifs is 1. The van der Waals surface area contributed by atoms with Crippen LogP contribution < -0.4 is 5.32 Å². The number of para-hydroxylation sites is 1. The fraction of sp³-hybridized carbons (Fsp3) is 0.474. The second-order valence-electron chi connectivity index (χ2n) is 6.93. The summed E-state index contributed by atoms with van der Waals surface area (Å²) in [7, 11) is 0. The first-order chi connectivity index (χ1) is 11.8. The molecule has 0 aliphatic heterocycles. The highest BCUT2D eigenvalue weighted by Crippen LogP contribution is 2.19. The van der Waals surface area contributed by atoms with E-state index in [-0.39, 0.29) is 19.1 Å². The maximum Gasteiger partial charge on any atom is 0.407 e. The fourth-order valence-corrected chi connectivity index (χ4v) is 2.50. The van der Waals surface area contributed by atoms with E-state index in [2.05, 4.69) is 5.32 Å². The zero-order valence-corrected chi connectivity index (χ0v) is 15.3. The van der Waals surface area contributed by atoms with Crippen molar-refractivity contribution in [2.45, 2.75) is 46.3 Å². The highest BCUT2D eigenvalue weighted by Gasteiger charge is 2.15. The molecule has 0 radical (unpaired) electrons. The summed E-state index contributed by atoms with van der Waals surface area (Å²) in [6.07, 6.45) is 0.0735. The van der Waals surface area contributed by atoms with Gasteiger partial charge >= 0.3 is 12.1 Å². The fourth-order valence-electron chi connectivity index (χ4n) is 2.50. The van der Waals surface area contributed by atoms with Crippen LogP contribution in [0.4, 0.5) is 4.79 Å². The number of aromatic nitrogens is 1. The van der Waals surface area contributed by atoms with Crippen LogP contribution in [-0.4, -0.2) is 35.4 Å². The summed E-state index contributed by atoms with van der Waals surface area (Å²) in [4.78, 5) is 23.5. The van der Waals surface area contributed by atoms with Crippen molar-refractivity contribution in [1.29, 1.82) is 0 Å². The van der Waals surface area contributed by atoms with E-state index >= 15 is 0 Å². The van der Waals surface area contributed by atoms with Gasteiger partial charge in [0.15, 0.2) is 0 Å². The number of esters is 1. The van der Waals surface area contributed by atoms with E-state index in [0.717, 1.165) is 16.6 Å². The van der Waals surface area contributed by atoms with E-state index in [9.17, 15) is 9.59 Å². The molecule has 0 saturated heterocycles. The van der Waals surface area contributed by atoms with E-state index < -0.39 is 11.7 Å². The van der Waals surface area contributed by atoms with Crippen LogP contribution in [0.15, 0.2) is 30.3 Å². The molecule has 0 atom stereocenters. The van der Waals surface area contributed by atoms with Crippen molar-refractivity contribution in [1.82, 2.24) is 9.88 Å². The predicted molar refractivity (Wildman–Crippen MR) is 96.5 cm³/mol. The molecule has 1 amide bonds. The standard InChI is InChI=1S/C19H26N2O4/c1-14-12-15-8-5-6-9-16(15)21(14)13-17(22)24-11-7-10-20-18(23)25-19(2,3)4/h5-6,8-9,12H,7,10-11,13H2,1-4H3,(H,20,23). The molecule has 2 rings (SSSR count). The molecule has 1 heterocycles. The number of hydrogen-bond acceptors (Lipinski definition) is 4. The first kappa shape index (κ1) is 18.8. The number of ether oxygens (including phenoxy) is 2. The van der Waals surface area contributed by atoms with Crippen molar-refractivity contribution in [3.05, 3.63) is 36.0 Å². The number of nitrogens with zero attached hydrogens (tertiary/aromatic N) is 1. The first-order valence-corrected chi connectivity index (χ1v) is 8.43. The van der Waals surface area contributed by atoms with Gasteiger partial charge in [-0.15, -0.1) is 0 Å². The summed E-state index contributed by atoms with van der Waals surface area (Å²) in [6.45, 7) is 8.22. The van der Waals surface area contributed by atoms with Gasteiger partial charge in [0.1, 0.15) is 12.1 Å². The first-order valence-electron chi connectivity index (χ1n) is 8.43. The topological polar surface area (TPSA) is 69.6 Å². The average Bonchev–Trinajstić information content (AvgIpc) is 2.81. The minimum Gasteiger partial charge on any atom is -0.464 e. The van der Waals surface area contributed by atoms with Crippen LogP contribution in [0.25, 0.3) is 10.9 Å². The van der Waals surface area contributed by atoms with Crippen LogP contribution in [0.3, 0.4) is 0 Å². The number of hydrogen-bond donors (Lipinski definition) is 1. The van der Waals surface area contributed by atoms with Gasteiger partial charge in [0.2, 0.25) is 0 Å². The molecule has 1 N–H and O–H groups in total. The Morgan fingerprint density at radius 3 is 2.64 bits per heavy atom. The summed E-state index contributed by atoms with van der Waals surface area (Å²) in [6, 6.07) is 9.98. The van der Waals surface area contributed by atoms with Crippen LogP contribution in [0.2, 0.25) is 0 Å². The van der Waals surface area contributed by atoms with Crippen molar-refractivity contribution in [2.75, 3.05) is 13.2 Å². The van der Waals surface area contributed by atoms with Gasteiger partial charge in [0, 0.05) is 17.8 Å². The summed E-state index contributed by atoms with van der Waals surface area (Å²) in [5.74, 6) is -0.290. The Morgan fingerprint density at radius 2 is 1.92 bits per heavy atom. The Labute approximate surface area is 148 Å². The minimum atomic E-state index is -0.520. The lowest BCUT2D eigenvalue weighted by Crippen LogP contribution is -2.33. The zero-order chi connectivity index (χ0) is 18.4. The summed E-state index contributed by atoms with van der Waals surface area (Å²) < 4.78 is 12.3. The van der Waals surface area contributed by atoms with Gasteiger partial charge < -0.3 is 19.4 Å². The molecule has 0 spiro atoms. The normalized spacial score (nSPS) is 11.4. The van der Waals surface area contributed by atoms with Gasteiger partial charge in [-0.1, -0.05) is 18.2 Å². The van der Waals surface area contributed by atoms with Crippen molar-refractivity contribution in [3.8, 4) is 0 Å². The molecule has 0 aliphatic carbocycles. The number of carbonyl (C=O) groups excluding carboxylic acids is 2. The second kappa shape index (κ2) is 8.05. The Bertz CT molecular complexity index is 743. The van der Waals surface area contributed by atoms with Gasteiger partial charge in [0.25, 0.3) is 0 Å². The number of aryl methyl sites for hydroxylation is 1. The smallest absolute Gasteiger partial charge is 0.407 e. The molecule has 2 aromatic rings. The summed E-state index contributed by atoms with van der Waals surface area (Å²) in [5, 5.41) is 3.74. The Hall–Kier alpha value is -2.50. The highest BCUT2D eigenvalue weighted by atomic mass is 16.6. The molecule has 25 heavy (non-hydrogen) atoms. The Morgan fingerprint density at radius 1 is 1.20 bits per heavy atom. The van der Waals surface area contributed by atoms with Crippen LogP contribution in [-0.2, 0) is 20.8 Å². The lowest BCUT2D eigenvalue weighted by molar-refractivity contribution is -0.144. The third kappa shape index (κ3) is 5.81. The van der Waals surface area contributed by atoms with Gasteiger partial charge in [-0.2, -0.15) is 0 Å². The maximum atomic E-state index is 12.0. The molecule has 136 valence electrons. The third-order valence-electron chi connectivity index (χ3n) is 3.56. The minimum absolute atomic E-state index is 0.179. The highest BCUT2D eigenvalue weighted by molar-refractivity contribution is 5.83. The number of nitrogens with one attached hydrogen (secondary N) is 1. The third-order valence-corrected chi connectivity index (χ3v) is 3.56. The average molecular weight is 346 g/mol. The number of alkyl carbamates (subject to hydrolysis) is 1. The van der Waals surface area contributed by atoms with Crippen LogP contribution in [0.1, 0.15) is 32.9 Å². The van der Waals surface area contributed by atoms with E-state index in [1.807, 2.05) is 41.8 Å². The van der Waals surface area contributed by atoms with Crippen molar-refractivity contribution >= 4 is 23.0 Å². The lowest BCUT2D eigenvalue weighted by atomic mass is 10.2. The molecule has 6 nitrogen and oxygen atoms in total. The van der Waals surface area contributed by atoms with Crippen molar-refractivity contribution < 1.29 is 19.1 Å². The van der Waals surface area contributed by atoms with Crippen LogP contribution in [0.5, 0.6) is 0 Å². The second-order valence-corrected chi connectivity index (χ2v) is 6.93. The van der Waals surface area contributed by atoms with E-state index in [4.69, 9.17) is 9.47 Å². The Balaban J connectivity index is 1.72. The molecule has 0 bridgehead atoms. The molecule has 1 aromatic carbocycles. The predicted octanol–water partition coefficient (Wildman–Crippen LogP) is 3.41. The maximum absolute atomic E-state index is 12.0. The van der Waals surface area contributed by atoms with E-state index in [1.54, 1.807) is 20.8 Å². The van der Waals surface area contributed by atoms with Gasteiger partial charge in [-0.25, -0.2) is 4.79 Å². The molecule has 0 saturated carbocycles. The summed E-state index contributed by atoms with van der Waals surface area (Å²) in [5.41, 5.74) is 1.52. The number of rotatable bonds is 6. The number of amides is 1. The lowest BCUT2D eigenvalue weighted by Gasteiger charge is -2.19. The summed E-state index contributed by atoms with van der Waals surface area (Å²) >= 11 is 0. The Kier molecular flexibility index (Phi) is 6.07. The molecule has 1 aromatic heterocycles. The molecule has 6 heteroatoms. The van der Waals surface area contributed by atoms with E-state index in [0.29, 0.717) is 13.0 Å². The quantitative estimate of drug-likeness (QED) is 0.643. The van der Waals surface area contributed by atoms with Crippen molar-refractivity contribution in [2.24, 2.45) is 0 Å². The number of benzene rings is 1. The van der Waals surface area contributed by atoms with Crippen molar-refractivity contribution in [3.63, 3.8) is 0 Å². The van der Waals surface area contributed by atoms with Crippen LogP contribution in [0, 0.1) is 6.92 Å². The largest absolute Gasteiger partial charge is 0.464 e. The van der Waals surface area contributed by atoms with Crippen LogP contribution >= 0.6 is 0 Å². The zero-order valence-electron chi connectivity index (χ0n) is 15.3. The van der Waals surface area contributed by atoms with Gasteiger partial charge in [-0.3, -0.25) is 4.79 Å². The number of carbonyl (C=O) groups is 2. The molecular formula is C19H26N2O4. The van der Waals surface area contributed by atoms with Gasteiger partial charge in [0.05, 0.1) is 6.61 Å².